The van der Waals surface area contributed by atoms with Gasteiger partial charge in [0.1, 0.15) is 6.54 Å². The van der Waals surface area contributed by atoms with Gasteiger partial charge in [-0.05, 0) is 12.1 Å². The third kappa shape index (κ3) is 3.51. The molecule has 140 valence electrons. The molecule has 0 aliphatic carbocycles. The van der Waals surface area contributed by atoms with Crippen molar-refractivity contribution < 1.29 is 4.79 Å². The summed E-state index contributed by atoms with van der Waals surface area (Å²) >= 11 is 12.0. The normalized spacial score (nSPS) is 11.4. The van der Waals surface area contributed by atoms with Crippen molar-refractivity contribution in [2.45, 2.75) is 6.54 Å². The van der Waals surface area contributed by atoms with Gasteiger partial charge < -0.3 is 4.57 Å². The van der Waals surface area contributed by atoms with Crippen molar-refractivity contribution in [1.29, 1.82) is 0 Å². The van der Waals surface area contributed by atoms with Crippen LogP contribution in [0.1, 0.15) is 5.56 Å². The molecule has 0 fully saturated rings. The lowest BCUT2D eigenvalue weighted by Crippen LogP contribution is -2.38. The van der Waals surface area contributed by atoms with Crippen molar-refractivity contribution >= 4 is 46.5 Å². The minimum absolute atomic E-state index is 0.146. The maximum atomic E-state index is 12.3. The third-order valence-corrected chi connectivity index (χ3v) is 4.57. The van der Waals surface area contributed by atoms with E-state index >= 15 is 0 Å². The Balaban J connectivity index is 1.82. The molecule has 0 spiro atoms. The first-order chi connectivity index (χ1) is 12.8. The van der Waals surface area contributed by atoms with E-state index in [1.165, 1.54) is 35.8 Å². The van der Waals surface area contributed by atoms with Gasteiger partial charge in [0.05, 0.1) is 22.6 Å². The summed E-state index contributed by atoms with van der Waals surface area (Å²) in [4.78, 5) is 40.4. The van der Waals surface area contributed by atoms with Crippen molar-refractivity contribution in [1.82, 2.24) is 24.1 Å². The number of nitrogens with one attached hydrogen (secondary N) is 1. The molecule has 0 saturated carbocycles. The number of hydrazone groups is 1. The summed E-state index contributed by atoms with van der Waals surface area (Å²) in [6.07, 6.45) is 2.65. The maximum absolute atomic E-state index is 12.3. The van der Waals surface area contributed by atoms with Crippen LogP contribution in [-0.4, -0.2) is 30.8 Å². The fourth-order valence-electron chi connectivity index (χ4n) is 2.51. The van der Waals surface area contributed by atoms with Crippen molar-refractivity contribution in [3.63, 3.8) is 0 Å². The summed E-state index contributed by atoms with van der Waals surface area (Å²) in [7, 11) is 2.86. The number of carbonyl (C=O) groups excluding carboxylic acids is 1. The molecule has 9 nitrogen and oxygen atoms in total. The van der Waals surface area contributed by atoms with Gasteiger partial charge in [-0.2, -0.15) is 5.10 Å². The lowest BCUT2D eigenvalue weighted by Gasteiger charge is -2.06. The van der Waals surface area contributed by atoms with E-state index in [9.17, 15) is 14.4 Å². The van der Waals surface area contributed by atoms with Crippen LogP contribution in [0.5, 0.6) is 0 Å². The monoisotopic (exact) mass is 408 g/mol. The number of amides is 1. The molecule has 3 rings (SSSR count). The van der Waals surface area contributed by atoms with E-state index in [-0.39, 0.29) is 17.7 Å². The van der Waals surface area contributed by atoms with Crippen LogP contribution in [0.25, 0.3) is 11.2 Å². The Kier molecular flexibility index (Phi) is 5.15. The second-order valence-corrected chi connectivity index (χ2v) is 6.49. The SMILES string of the molecule is Cn1c(=O)c2c(ncn2CC(=O)N/N=C/c2c(Cl)cccc2Cl)n(C)c1=O. The van der Waals surface area contributed by atoms with Crippen LogP contribution in [0.15, 0.2) is 39.2 Å². The zero-order chi connectivity index (χ0) is 19.7. The quantitative estimate of drug-likeness (QED) is 0.511. The first-order valence-electron chi connectivity index (χ1n) is 7.68. The summed E-state index contributed by atoms with van der Waals surface area (Å²) in [6, 6.07) is 4.99. The van der Waals surface area contributed by atoms with Gasteiger partial charge in [0, 0.05) is 19.7 Å². The highest BCUT2D eigenvalue weighted by atomic mass is 35.5. The average molecular weight is 409 g/mol. The zero-order valence-corrected chi connectivity index (χ0v) is 15.8. The van der Waals surface area contributed by atoms with Crippen molar-refractivity contribution in [3.05, 3.63) is 61.0 Å². The Labute approximate surface area is 162 Å². The van der Waals surface area contributed by atoms with E-state index in [1.54, 1.807) is 18.2 Å². The van der Waals surface area contributed by atoms with Gasteiger partial charge in [0.25, 0.3) is 11.5 Å². The number of aryl methyl sites for hydroxylation is 1. The maximum Gasteiger partial charge on any atom is 0.332 e. The molecule has 1 N–H and O–H groups in total. The van der Waals surface area contributed by atoms with Gasteiger partial charge in [-0.25, -0.2) is 15.2 Å². The Morgan fingerprint density at radius 2 is 1.89 bits per heavy atom. The first-order valence-corrected chi connectivity index (χ1v) is 8.43. The molecule has 1 aromatic carbocycles. The van der Waals surface area contributed by atoms with Crippen LogP contribution in [0.2, 0.25) is 10.0 Å². The molecule has 0 aliphatic heterocycles. The first kappa shape index (κ1) is 18.9. The molecule has 2 aromatic heterocycles. The molecule has 0 bridgehead atoms. The molecule has 11 heteroatoms. The molecule has 0 unspecified atom stereocenters. The number of aromatic nitrogens is 4. The highest BCUT2D eigenvalue weighted by Gasteiger charge is 2.15. The largest absolute Gasteiger partial charge is 0.332 e. The average Bonchev–Trinajstić information content (AvgIpc) is 3.04. The molecule has 1 amide bonds. The molecular weight excluding hydrogens is 395 g/mol. The molecule has 3 aromatic rings. The Morgan fingerprint density at radius 3 is 2.56 bits per heavy atom. The van der Waals surface area contributed by atoms with Crippen LogP contribution in [-0.2, 0) is 25.4 Å². The van der Waals surface area contributed by atoms with Crippen molar-refractivity contribution in [2.24, 2.45) is 19.2 Å². The topological polar surface area (TPSA) is 103 Å². The fourth-order valence-corrected chi connectivity index (χ4v) is 3.00. The lowest BCUT2D eigenvalue weighted by atomic mass is 10.2. The highest BCUT2D eigenvalue weighted by molar-refractivity contribution is 6.38. The molecule has 27 heavy (non-hydrogen) atoms. The predicted molar refractivity (Wildman–Crippen MR) is 102 cm³/mol. The van der Waals surface area contributed by atoms with Crippen LogP contribution >= 0.6 is 23.2 Å². The summed E-state index contributed by atoms with van der Waals surface area (Å²) in [5.41, 5.74) is 2.11. The zero-order valence-electron chi connectivity index (χ0n) is 14.3. The summed E-state index contributed by atoms with van der Waals surface area (Å²) in [6.45, 7) is -0.211. The summed E-state index contributed by atoms with van der Waals surface area (Å²) in [5.74, 6) is -0.496. The smallest absolute Gasteiger partial charge is 0.315 e. The standard InChI is InChI=1S/C16H14Cl2N6O3/c1-22-14-13(15(26)23(2)16(22)27)24(8-19-14)7-12(25)21-20-6-9-10(17)4-3-5-11(9)18/h3-6,8H,7H2,1-2H3,(H,21,25)/b20-6+. The molecule has 2 heterocycles. The molecule has 0 aliphatic rings. The van der Waals surface area contributed by atoms with Crippen LogP contribution in [0, 0.1) is 0 Å². The predicted octanol–water partition coefficient (Wildman–Crippen LogP) is 0.891. The second-order valence-electron chi connectivity index (χ2n) is 5.68. The molecule has 0 atom stereocenters. The molecular formula is C16H14Cl2N6O3. The van der Waals surface area contributed by atoms with E-state index in [1.807, 2.05) is 0 Å². The van der Waals surface area contributed by atoms with Gasteiger partial charge in [-0.15, -0.1) is 0 Å². The number of hydrogen-bond acceptors (Lipinski definition) is 5. The summed E-state index contributed by atoms with van der Waals surface area (Å²) in [5, 5.41) is 4.62. The number of rotatable bonds is 4. The van der Waals surface area contributed by atoms with Crippen LogP contribution in [0.3, 0.4) is 0 Å². The number of carbonyl (C=O) groups is 1. The van der Waals surface area contributed by atoms with Gasteiger partial charge >= 0.3 is 5.69 Å². The Hall–Kier alpha value is -2.91. The Bertz CT molecular complexity index is 1170. The number of imidazole rings is 1. The van der Waals surface area contributed by atoms with Crippen LogP contribution < -0.4 is 16.7 Å². The van der Waals surface area contributed by atoms with Gasteiger partial charge in [-0.3, -0.25) is 18.7 Å². The van der Waals surface area contributed by atoms with Gasteiger partial charge in [0.2, 0.25) is 0 Å². The highest BCUT2D eigenvalue weighted by Crippen LogP contribution is 2.21. The van der Waals surface area contributed by atoms with Crippen LogP contribution in [0.4, 0.5) is 0 Å². The third-order valence-electron chi connectivity index (χ3n) is 3.91. The minimum Gasteiger partial charge on any atom is -0.315 e. The molecule has 0 radical (unpaired) electrons. The second kappa shape index (κ2) is 7.37. The van der Waals surface area contributed by atoms with E-state index in [4.69, 9.17) is 23.2 Å². The van der Waals surface area contributed by atoms with Crippen molar-refractivity contribution in [3.8, 4) is 0 Å². The van der Waals surface area contributed by atoms with E-state index in [0.29, 0.717) is 15.6 Å². The number of hydrogen-bond donors (Lipinski definition) is 1. The van der Waals surface area contributed by atoms with Gasteiger partial charge in [0.15, 0.2) is 11.2 Å². The summed E-state index contributed by atoms with van der Waals surface area (Å²) < 4.78 is 3.54. The number of nitrogens with zero attached hydrogens (tertiary/aromatic N) is 5. The number of benzene rings is 1. The minimum atomic E-state index is -0.537. The van der Waals surface area contributed by atoms with Gasteiger partial charge in [-0.1, -0.05) is 29.3 Å². The number of halogens is 2. The molecule has 0 saturated heterocycles. The fraction of sp³-hybridized carbons (Fsp3) is 0.188. The van der Waals surface area contributed by atoms with E-state index < -0.39 is 17.2 Å². The lowest BCUT2D eigenvalue weighted by molar-refractivity contribution is -0.121. The Morgan fingerprint density at radius 1 is 1.22 bits per heavy atom. The van der Waals surface area contributed by atoms with E-state index in [2.05, 4.69) is 15.5 Å². The van der Waals surface area contributed by atoms with Crippen molar-refractivity contribution in [2.75, 3.05) is 0 Å². The van der Waals surface area contributed by atoms with E-state index in [0.717, 1.165) is 4.57 Å². The number of fused-ring (bicyclic) bond motifs is 1.